The molecule has 1 saturated heterocycles. The summed E-state index contributed by atoms with van der Waals surface area (Å²) in [5, 5.41) is 21.0. The molecule has 1 fully saturated rings. The smallest absolute Gasteiger partial charge is 0.387 e. The van der Waals surface area contributed by atoms with E-state index in [0.717, 1.165) is 0 Å². The summed E-state index contributed by atoms with van der Waals surface area (Å²) in [6.45, 7) is -2.82. The van der Waals surface area contributed by atoms with Gasteiger partial charge in [0.15, 0.2) is 11.4 Å². The summed E-state index contributed by atoms with van der Waals surface area (Å²) in [5.74, 6) is -0.881. The van der Waals surface area contributed by atoms with E-state index >= 15 is 4.39 Å². The highest BCUT2D eigenvalue weighted by Gasteiger charge is 2.41. The molecule has 2 atom stereocenters. The number of alkyl halides is 2. The number of ether oxygens (including phenoxy) is 2. The maximum absolute atomic E-state index is 15.1. The highest BCUT2D eigenvalue weighted by molar-refractivity contribution is 5.65. The largest absolute Gasteiger partial charge is 0.435 e. The Bertz CT molecular complexity index is 1420. The number of fused-ring (bicyclic) bond motifs is 3. The predicted molar refractivity (Wildman–Crippen MR) is 115 cm³/mol. The number of halogens is 3. The molecule has 8 nitrogen and oxygen atoms in total. The highest BCUT2D eigenvalue weighted by atomic mass is 19.3. The maximum atomic E-state index is 15.1. The molecule has 0 radical (unpaired) electrons. The Labute approximate surface area is 196 Å². The number of rotatable bonds is 5. The fourth-order valence-corrected chi connectivity index (χ4v) is 4.73. The summed E-state index contributed by atoms with van der Waals surface area (Å²) in [6, 6.07) is 7.63. The Morgan fingerprint density at radius 1 is 1.17 bits per heavy atom. The van der Waals surface area contributed by atoms with E-state index in [1.165, 1.54) is 30.7 Å². The topological polar surface area (TPSA) is 102 Å². The van der Waals surface area contributed by atoms with E-state index in [1.807, 2.05) is 0 Å². The Hall–Kier alpha value is -3.54. The number of benzene rings is 1. The van der Waals surface area contributed by atoms with E-state index < -0.39 is 30.1 Å². The molecule has 1 aliphatic carbocycles. The predicted octanol–water partition coefficient (Wildman–Crippen LogP) is 3.32. The van der Waals surface area contributed by atoms with Gasteiger partial charge in [-0.1, -0.05) is 18.2 Å². The lowest BCUT2D eigenvalue weighted by Gasteiger charge is -2.34. The van der Waals surface area contributed by atoms with Gasteiger partial charge in [0.05, 0.1) is 30.7 Å². The summed E-state index contributed by atoms with van der Waals surface area (Å²) < 4.78 is 52.4. The molecule has 3 aromatic heterocycles. The molecule has 1 aliphatic heterocycles. The molecule has 0 amide bonds. The third-order valence-electron chi connectivity index (χ3n) is 6.45. The number of aromatic nitrogens is 4. The molecular formula is C24H19F3N4O4. The number of aliphatic hydroxyl groups excluding tert-OH is 1. The Kier molecular flexibility index (Phi) is 5.02. The SMILES string of the molecule is OC1CC(c2ccccc2OC(F)F)c2c1nc1cc(F)c(-c3cnc(C4(O)COC4)nc3)cn21. The first-order valence-electron chi connectivity index (χ1n) is 10.9. The number of aliphatic hydroxyl groups is 2. The van der Waals surface area contributed by atoms with Crippen LogP contribution in [-0.4, -0.2) is 49.4 Å². The Morgan fingerprint density at radius 2 is 1.91 bits per heavy atom. The maximum Gasteiger partial charge on any atom is 0.387 e. The van der Waals surface area contributed by atoms with Crippen LogP contribution in [0.4, 0.5) is 13.2 Å². The number of para-hydroxylation sites is 1. The van der Waals surface area contributed by atoms with Crippen LogP contribution in [0.15, 0.2) is 48.9 Å². The monoisotopic (exact) mass is 484 g/mol. The first kappa shape index (κ1) is 22.0. The lowest BCUT2D eigenvalue weighted by Crippen LogP contribution is -2.47. The minimum Gasteiger partial charge on any atom is -0.435 e. The van der Waals surface area contributed by atoms with Gasteiger partial charge in [0.25, 0.3) is 0 Å². The van der Waals surface area contributed by atoms with Crippen LogP contribution in [0.5, 0.6) is 5.75 Å². The van der Waals surface area contributed by atoms with Crippen molar-refractivity contribution in [2.45, 2.75) is 30.7 Å². The van der Waals surface area contributed by atoms with Crippen molar-refractivity contribution in [3.8, 4) is 16.9 Å². The molecule has 2 unspecified atom stereocenters. The molecule has 0 spiro atoms. The second-order valence-electron chi connectivity index (χ2n) is 8.69. The second kappa shape index (κ2) is 8.01. The van der Waals surface area contributed by atoms with E-state index in [1.54, 1.807) is 22.6 Å². The van der Waals surface area contributed by atoms with Crippen LogP contribution in [0.2, 0.25) is 0 Å². The van der Waals surface area contributed by atoms with Crippen LogP contribution in [-0.2, 0) is 10.3 Å². The standard InChI is InChI=1S/C24H19F3N4O4/c25-16-6-19-30-20-17(32)5-14(13-3-1-2-4-18(13)35-23(26)27)21(20)31(19)9-15(16)12-7-28-22(29-8-12)24(33)10-34-11-24/h1-4,6-9,14,17,23,32-33H,5,10-11H2. The number of hydrogen-bond donors (Lipinski definition) is 2. The van der Waals surface area contributed by atoms with E-state index in [0.29, 0.717) is 22.5 Å². The van der Waals surface area contributed by atoms with E-state index in [4.69, 9.17) is 9.47 Å². The molecule has 0 saturated carbocycles. The van der Waals surface area contributed by atoms with E-state index in [2.05, 4.69) is 15.0 Å². The van der Waals surface area contributed by atoms with Crippen molar-refractivity contribution in [3.63, 3.8) is 0 Å². The van der Waals surface area contributed by atoms with Gasteiger partial charge in [0.1, 0.15) is 17.2 Å². The van der Waals surface area contributed by atoms with Gasteiger partial charge in [0.2, 0.25) is 0 Å². The average Bonchev–Trinajstić information content (AvgIpc) is 3.34. The van der Waals surface area contributed by atoms with Gasteiger partial charge >= 0.3 is 6.61 Å². The lowest BCUT2D eigenvalue weighted by atomic mass is 9.95. The van der Waals surface area contributed by atoms with Crippen molar-refractivity contribution in [3.05, 3.63) is 77.5 Å². The molecule has 6 rings (SSSR count). The van der Waals surface area contributed by atoms with Gasteiger partial charge in [-0.05, 0) is 12.5 Å². The number of nitrogens with zero attached hydrogens (tertiary/aromatic N) is 4. The zero-order chi connectivity index (χ0) is 24.3. The van der Waals surface area contributed by atoms with Crippen LogP contribution in [0.3, 0.4) is 0 Å². The van der Waals surface area contributed by atoms with E-state index in [-0.39, 0.29) is 42.4 Å². The number of imidazole rings is 1. The molecule has 180 valence electrons. The number of hydrogen-bond acceptors (Lipinski definition) is 7. The molecule has 4 aromatic rings. The van der Waals surface area contributed by atoms with E-state index in [9.17, 15) is 19.0 Å². The van der Waals surface area contributed by atoms with Gasteiger partial charge in [0, 0.05) is 47.3 Å². The summed E-state index contributed by atoms with van der Waals surface area (Å²) in [6.07, 6.45) is 3.62. The van der Waals surface area contributed by atoms with Crippen LogP contribution < -0.4 is 4.74 Å². The van der Waals surface area contributed by atoms with Crippen LogP contribution in [0, 0.1) is 5.82 Å². The lowest BCUT2D eigenvalue weighted by molar-refractivity contribution is -0.189. The van der Waals surface area contributed by atoms with Crippen molar-refractivity contribution < 1.29 is 32.9 Å². The molecule has 2 aliphatic rings. The third kappa shape index (κ3) is 3.54. The average molecular weight is 484 g/mol. The van der Waals surface area contributed by atoms with Crippen molar-refractivity contribution >= 4 is 5.65 Å². The summed E-state index contributed by atoms with van der Waals surface area (Å²) >= 11 is 0. The minimum atomic E-state index is -3.00. The highest BCUT2D eigenvalue weighted by Crippen LogP contribution is 2.47. The molecule has 1 aromatic carbocycles. The van der Waals surface area contributed by atoms with Crippen LogP contribution in [0.1, 0.15) is 41.2 Å². The second-order valence-corrected chi connectivity index (χ2v) is 8.69. The van der Waals surface area contributed by atoms with Gasteiger partial charge in [-0.2, -0.15) is 8.78 Å². The minimum absolute atomic E-state index is 0.00623. The van der Waals surface area contributed by atoms with Crippen molar-refractivity contribution in [2.24, 2.45) is 0 Å². The third-order valence-corrected chi connectivity index (χ3v) is 6.45. The molecule has 4 heterocycles. The zero-order valence-corrected chi connectivity index (χ0v) is 18.1. The Morgan fingerprint density at radius 3 is 2.60 bits per heavy atom. The molecule has 2 N–H and O–H groups in total. The molecule has 35 heavy (non-hydrogen) atoms. The zero-order valence-electron chi connectivity index (χ0n) is 18.1. The van der Waals surface area contributed by atoms with Gasteiger partial charge in [-0.3, -0.25) is 0 Å². The van der Waals surface area contributed by atoms with Crippen molar-refractivity contribution in [1.29, 1.82) is 0 Å². The van der Waals surface area contributed by atoms with Crippen LogP contribution in [0.25, 0.3) is 16.8 Å². The molecule has 0 bridgehead atoms. The first-order chi connectivity index (χ1) is 16.8. The molecular weight excluding hydrogens is 465 g/mol. The fourth-order valence-electron chi connectivity index (χ4n) is 4.73. The first-order valence-corrected chi connectivity index (χ1v) is 10.9. The van der Waals surface area contributed by atoms with Gasteiger partial charge < -0.3 is 24.1 Å². The van der Waals surface area contributed by atoms with Crippen LogP contribution >= 0.6 is 0 Å². The normalized spacial score (nSPS) is 20.7. The summed E-state index contributed by atoms with van der Waals surface area (Å²) in [4.78, 5) is 12.8. The Balaban J connectivity index is 1.45. The summed E-state index contributed by atoms with van der Waals surface area (Å²) in [7, 11) is 0. The van der Waals surface area contributed by atoms with Crippen molar-refractivity contribution in [2.75, 3.05) is 13.2 Å². The molecule has 11 heteroatoms. The van der Waals surface area contributed by atoms with Crippen molar-refractivity contribution in [1.82, 2.24) is 19.4 Å². The number of pyridine rings is 1. The quantitative estimate of drug-likeness (QED) is 0.448. The summed E-state index contributed by atoms with van der Waals surface area (Å²) in [5.41, 5.74) is 0.972. The van der Waals surface area contributed by atoms with Gasteiger partial charge in [-0.25, -0.2) is 19.3 Å². The van der Waals surface area contributed by atoms with Gasteiger partial charge in [-0.15, -0.1) is 0 Å². The fraction of sp³-hybridized carbons (Fsp3) is 0.292.